The number of anilines is 1. The summed E-state index contributed by atoms with van der Waals surface area (Å²) in [6, 6.07) is 7.67. The van der Waals surface area contributed by atoms with Gasteiger partial charge in [0.1, 0.15) is 10.8 Å². The number of nitrogens with zero attached hydrogens (tertiary/aromatic N) is 3. The lowest BCUT2D eigenvalue weighted by Gasteiger charge is -2.18. The van der Waals surface area contributed by atoms with Crippen molar-refractivity contribution in [2.24, 2.45) is 13.0 Å². The van der Waals surface area contributed by atoms with E-state index in [1.165, 1.54) is 30.2 Å². The fraction of sp³-hybridized carbons (Fsp3) is 0.417. The summed E-state index contributed by atoms with van der Waals surface area (Å²) < 4.78 is 12.6. The molecule has 2 heterocycles. The molecule has 0 saturated heterocycles. The minimum atomic E-state index is -0.402. The first-order valence-corrected chi connectivity index (χ1v) is 13.0. The van der Waals surface area contributed by atoms with Gasteiger partial charge in [-0.05, 0) is 49.8 Å². The van der Waals surface area contributed by atoms with Crippen molar-refractivity contribution in [3.05, 3.63) is 40.3 Å². The smallest absolute Gasteiger partial charge is 0.341 e. The number of rotatable bonds is 8. The minimum Gasteiger partial charge on any atom is -0.493 e. The summed E-state index contributed by atoms with van der Waals surface area (Å²) in [6.45, 7) is 4.69. The quantitative estimate of drug-likeness (QED) is 0.357. The van der Waals surface area contributed by atoms with Crippen LogP contribution >= 0.6 is 23.1 Å². The third kappa shape index (κ3) is 4.97. The number of hydrogen-bond donors (Lipinski definition) is 1. The molecule has 180 valence electrons. The molecule has 0 saturated carbocycles. The van der Waals surface area contributed by atoms with Crippen molar-refractivity contribution in [3.63, 3.8) is 0 Å². The summed E-state index contributed by atoms with van der Waals surface area (Å²) >= 11 is 2.77. The summed E-state index contributed by atoms with van der Waals surface area (Å²) in [5.41, 5.74) is 2.36. The molecule has 2 aromatic heterocycles. The van der Waals surface area contributed by atoms with Gasteiger partial charge in [-0.15, -0.1) is 21.5 Å². The van der Waals surface area contributed by atoms with Crippen molar-refractivity contribution in [2.45, 2.75) is 38.3 Å². The number of methoxy groups -OCH3 is 1. The van der Waals surface area contributed by atoms with Crippen LogP contribution in [0.3, 0.4) is 0 Å². The topological polar surface area (TPSA) is 95.3 Å². The van der Waals surface area contributed by atoms with Crippen molar-refractivity contribution >= 4 is 40.0 Å². The van der Waals surface area contributed by atoms with Crippen LogP contribution in [0.25, 0.3) is 11.4 Å². The monoisotopic (exact) mass is 500 g/mol. The Balaban J connectivity index is 1.47. The highest BCUT2D eigenvalue weighted by molar-refractivity contribution is 7.99. The van der Waals surface area contributed by atoms with Crippen LogP contribution in [-0.4, -0.2) is 46.1 Å². The lowest BCUT2D eigenvalue weighted by Crippen LogP contribution is -2.17. The standard InChI is InChI=1S/C24H28N4O4S2/c1-5-32-17-9-7-6-8-15(17)21-26-27-24(28(21)3)33-13-19(29)25-22-20(23(30)31-4)16-11-10-14(2)12-18(16)34-22/h6-9,14H,5,10-13H2,1-4H3,(H,25,29). The molecule has 0 bridgehead atoms. The van der Waals surface area contributed by atoms with E-state index in [-0.39, 0.29) is 11.7 Å². The number of nitrogens with one attached hydrogen (secondary N) is 1. The number of benzene rings is 1. The zero-order chi connectivity index (χ0) is 24.2. The fourth-order valence-electron chi connectivity index (χ4n) is 4.06. The van der Waals surface area contributed by atoms with E-state index in [1.54, 1.807) is 0 Å². The molecule has 4 rings (SSSR count). The molecule has 34 heavy (non-hydrogen) atoms. The van der Waals surface area contributed by atoms with Gasteiger partial charge in [0, 0.05) is 11.9 Å². The minimum absolute atomic E-state index is 0.138. The highest BCUT2D eigenvalue weighted by Crippen LogP contribution is 2.40. The summed E-state index contributed by atoms with van der Waals surface area (Å²) in [5.74, 6) is 1.50. The molecule has 1 N–H and O–H groups in total. The van der Waals surface area contributed by atoms with E-state index in [2.05, 4.69) is 22.4 Å². The number of thioether (sulfide) groups is 1. The van der Waals surface area contributed by atoms with Gasteiger partial charge in [-0.3, -0.25) is 4.79 Å². The van der Waals surface area contributed by atoms with E-state index in [0.717, 1.165) is 41.0 Å². The third-order valence-electron chi connectivity index (χ3n) is 5.75. The predicted octanol–water partition coefficient (Wildman–Crippen LogP) is 4.58. The van der Waals surface area contributed by atoms with E-state index in [1.807, 2.05) is 42.8 Å². The lowest BCUT2D eigenvalue weighted by atomic mass is 9.88. The van der Waals surface area contributed by atoms with Gasteiger partial charge in [-0.25, -0.2) is 4.79 Å². The van der Waals surface area contributed by atoms with Crippen molar-refractivity contribution in [2.75, 3.05) is 24.8 Å². The van der Waals surface area contributed by atoms with Gasteiger partial charge in [0.05, 0.1) is 30.6 Å². The maximum atomic E-state index is 12.8. The zero-order valence-electron chi connectivity index (χ0n) is 19.7. The number of carbonyl (C=O) groups is 2. The number of thiophene rings is 1. The highest BCUT2D eigenvalue weighted by Gasteiger charge is 2.29. The van der Waals surface area contributed by atoms with Crippen molar-refractivity contribution in [1.82, 2.24) is 14.8 Å². The van der Waals surface area contributed by atoms with Crippen LogP contribution in [0.5, 0.6) is 5.75 Å². The van der Waals surface area contributed by atoms with Crippen LogP contribution < -0.4 is 10.1 Å². The van der Waals surface area contributed by atoms with Gasteiger partial charge >= 0.3 is 5.97 Å². The zero-order valence-corrected chi connectivity index (χ0v) is 21.3. The largest absolute Gasteiger partial charge is 0.493 e. The van der Waals surface area contributed by atoms with Gasteiger partial charge < -0.3 is 19.4 Å². The summed E-state index contributed by atoms with van der Waals surface area (Å²) in [5, 5.41) is 12.7. The van der Waals surface area contributed by atoms with Gasteiger partial charge in [0.25, 0.3) is 0 Å². The van der Waals surface area contributed by atoms with E-state index < -0.39 is 5.97 Å². The number of esters is 1. The number of para-hydroxylation sites is 1. The second-order valence-electron chi connectivity index (χ2n) is 8.18. The summed E-state index contributed by atoms with van der Waals surface area (Å²) in [4.78, 5) is 26.4. The maximum absolute atomic E-state index is 12.8. The van der Waals surface area contributed by atoms with Gasteiger partial charge in [0.15, 0.2) is 11.0 Å². The van der Waals surface area contributed by atoms with Crippen molar-refractivity contribution < 1.29 is 19.1 Å². The molecular formula is C24H28N4O4S2. The average Bonchev–Trinajstić information content (AvgIpc) is 3.37. The predicted molar refractivity (Wildman–Crippen MR) is 134 cm³/mol. The summed E-state index contributed by atoms with van der Waals surface area (Å²) in [7, 11) is 3.23. The molecular weight excluding hydrogens is 472 g/mol. The van der Waals surface area contributed by atoms with Gasteiger partial charge in [0.2, 0.25) is 5.91 Å². The molecule has 1 atom stereocenters. The maximum Gasteiger partial charge on any atom is 0.341 e. The first kappa shape index (κ1) is 24.3. The Hall–Kier alpha value is -2.85. The van der Waals surface area contributed by atoms with Crippen LogP contribution in [-0.2, 0) is 29.4 Å². The van der Waals surface area contributed by atoms with Crippen molar-refractivity contribution in [1.29, 1.82) is 0 Å². The highest BCUT2D eigenvalue weighted by atomic mass is 32.2. The molecule has 3 aromatic rings. The Bertz CT molecular complexity index is 1200. The SMILES string of the molecule is CCOc1ccccc1-c1nnc(SCC(=O)Nc2sc3c(c2C(=O)OC)CCC(C)C3)n1C. The fourth-order valence-corrected chi connectivity index (χ4v) is 6.18. The first-order valence-electron chi connectivity index (χ1n) is 11.2. The van der Waals surface area contributed by atoms with Crippen LogP contribution in [0.15, 0.2) is 29.4 Å². The first-order chi connectivity index (χ1) is 16.4. The second-order valence-corrected chi connectivity index (χ2v) is 10.2. The molecule has 1 aliphatic carbocycles. The Morgan fingerprint density at radius 1 is 1.29 bits per heavy atom. The van der Waals surface area contributed by atoms with E-state index in [9.17, 15) is 9.59 Å². The average molecular weight is 501 g/mol. The van der Waals surface area contributed by atoms with E-state index in [0.29, 0.717) is 34.1 Å². The van der Waals surface area contributed by atoms with Gasteiger partial charge in [-0.1, -0.05) is 30.8 Å². The lowest BCUT2D eigenvalue weighted by molar-refractivity contribution is -0.113. The van der Waals surface area contributed by atoms with Crippen LogP contribution in [0.4, 0.5) is 5.00 Å². The Morgan fingerprint density at radius 3 is 2.85 bits per heavy atom. The van der Waals surface area contributed by atoms with Crippen LogP contribution in [0, 0.1) is 5.92 Å². The molecule has 0 fully saturated rings. The number of hydrogen-bond acceptors (Lipinski definition) is 8. The van der Waals surface area contributed by atoms with E-state index in [4.69, 9.17) is 9.47 Å². The number of amides is 1. The number of carbonyl (C=O) groups excluding carboxylic acids is 2. The van der Waals surface area contributed by atoms with Crippen molar-refractivity contribution in [3.8, 4) is 17.1 Å². The molecule has 0 aliphatic heterocycles. The molecule has 10 heteroatoms. The Kier molecular flexibility index (Phi) is 7.57. The number of ether oxygens (including phenoxy) is 2. The molecule has 8 nitrogen and oxygen atoms in total. The van der Waals surface area contributed by atoms with Crippen LogP contribution in [0.1, 0.15) is 41.1 Å². The molecule has 0 spiro atoms. The molecule has 1 aliphatic rings. The normalized spacial score (nSPS) is 15.0. The second kappa shape index (κ2) is 10.6. The number of aromatic nitrogens is 3. The molecule has 1 aromatic carbocycles. The molecule has 1 unspecified atom stereocenters. The Labute approximate surface area is 207 Å². The Morgan fingerprint density at radius 2 is 2.09 bits per heavy atom. The van der Waals surface area contributed by atoms with Gasteiger partial charge in [-0.2, -0.15) is 0 Å². The van der Waals surface area contributed by atoms with E-state index >= 15 is 0 Å². The third-order valence-corrected chi connectivity index (χ3v) is 7.94. The molecule has 0 radical (unpaired) electrons. The van der Waals surface area contributed by atoms with Crippen LogP contribution in [0.2, 0.25) is 0 Å². The molecule has 1 amide bonds. The summed E-state index contributed by atoms with van der Waals surface area (Å²) in [6.07, 6.45) is 2.77. The number of fused-ring (bicyclic) bond motifs is 1.